The first-order valence-corrected chi connectivity index (χ1v) is 11.4. The molecule has 0 N–H and O–H groups in total. The molecule has 1 aliphatic rings. The van der Waals surface area contributed by atoms with Crippen LogP contribution >= 0.6 is 0 Å². The lowest BCUT2D eigenvalue weighted by Gasteiger charge is -2.24. The normalized spacial score (nSPS) is 15.3. The molecule has 3 heterocycles. The summed E-state index contributed by atoms with van der Waals surface area (Å²) in [6.07, 6.45) is 9.31. The van der Waals surface area contributed by atoms with Crippen LogP contribution in [0.2, 0.25) is 0 Å². The summed E-state index contributed by atoms with van der Waals surface area (Å²) < 4.78 is 5.71. The van der Waals surface area contributed by atoms with Crippen LogP contribution in [-0.2, 0) is 6.42 Å². The van der Waals surface area contributed by atoms with Crippen LogP contribution < -0.4 is 4.74 Å². The SMILES string of the molecule is Cc1cccc(Cc2cncc([C@H]3CCCN3C(=O)c3cccc(Oc4ncccn4)c3)n2)c1. The summed E-state index contributed by atoms with van der Waals surface area (Å²) >= 11 is 0. The summed E-state index contributed by atoms with van der Waals surface area (Å²) in [5.74, 6) is 0.473. The van der Waals surface area contributed by atoms with Gasteiger partial charge in [0, 0.05) is 37.1 Å². The number of aromatic nitrogens is 4. The first-order chi connectivity index (χ1) is 16.7. The Bertz CT molecular complexity index is 1290. The monoisotopic (exact) mass is 451 g/mol. The van der Waals surface area contributed by atoms with Gasteiger partial charge >= 0.3 is 6.01 Å². The van der Waals surface area contributed by atoms with Gasteiger partial charge in [0.1, 0.15) is 5.75 Å². The van der Waals surface area contributed by atoms with Crippen molar-refractivity contribution in [1.82, 2.24) is 24.8 Å². The fourth-order valence-electron chi connectivity index (χ4n) is 4.32. The number of carbonyl (C=O) groups excluding carboxylic acids is 1. The molecule has 2 aromatic carbocycles. The van der Waals surface area contributed by atoms with Crippen molar-refractivity contribution in [2.24, 2.45) is 0 Å². The molecule has 1 amide bonds. The van der Waals surface area contributed by atoms with Crippen molar-refractivity contribution >= 4 is 5.91 Å². The minimum atomic E-state index is -0.0977. The summed E-state index contributed by atoms with van der Waals surface area (Å²) in [5.41, 5.74) is 4.72. The highest BCUT2D eigenvalue weighted by atomic mass is 16.5. The van der Waals surface area contributed by atoms with Crippen molar-refractivity contribution in [3.8, 4) is 11.8 Å². The standard InChI is InChI=1S/C27H25N5O2/c1-19-6-2-7-20(14-19)15-22-17-28-18-24(31-22)25-10-4-13-32(25)26(33)21-8-3-9-23(16-21)34-27-29-11-5-12-30-27/h2-3,5-9,11-12,14,16-18,25H,4,10,13,15H2,1H3/t25-/m1/s1. The van der Waals surface area contributed by atoms with Gasteiger partial charge in [0.2, 0.25) is 0 Å². The smallest absolute Gasteiger partial charge is 0.321 e. The van der Waals surface area contributed by atoms with E-state index in [1.165, 1.54) is 11.1 Å². The quantitative estimate of drug-likeness (QED) is 0.413. The molecule has 1 saturated heterocycles. The minimum absolute atomic E-state index is 0.0483. The molecule has 0 radical (unpaired) electrons. The zero-order valence-electron chi connectivity index (χ0n) is 19.0. The summed E-state index contributed by atoms with van der Waals surface area (Å²) in [5, 5.41) is 0. The Morgan fingerprint density at radius 2 is 1.91 bits per heavy atom. The Kier molecular flexibility index (Phi) is 6.25. The average Bonchev–Trinajstić information content (AvgIpc) is 3.35. The lowest BCUT2D eigenvalue weighted by atomic mass is 10.1. The Hall–Kier alpha value is -4.13. The molecule has 170 valence electrons. The van der Waals surface area contributed by atoms with Gasteiger partial charge in [0.05, 0.1) is 23.6 Å². The first kappa shape index (κ1) is 21.7. The van der Waals surface area contributed by atoms with Crippen molar-refractivity contribution in [3.05, 3.63) is 107 Å². The van der Waals surface area contributed by atoms with E-state index in [1.54, 1.807) is 55.1 Å². The Balaban J connectivity index is 1.34. The van der Waals surface area contributed by atoms with E-state index in [1.807, 2.05) is 4.90 Å². The second-order valence-corrected chi connectivity index (χ2v) is 8.42. The van der Waals surface area contributed by atoms with Gasteiger partial charge < -0.3 is 9.64 Å². The predicted molar refractivity (Wildman–Crippen MR) is 128 cm³/mol. The average molecular weight is 452 g/mol. The van der Waals surface area contributed by atoms with Gasteiger partial charge in [-0.25, -0.2) is 9.97 Å². The third-order valence-electron chi connectivity index (χ3n) is 5.86. The van der Waals surface area contributed by atoms with E-state index in [9.17, 15) is 4.79 Å². The summed E-state index contributed by atoms with van der Waals surface area (Å²) in [4.78, 5) is 32.8. The molecule has 0 bridgehead atoms. The molecule has 4 aromatic rings. The molecule has 7 heteroatoms. The lowest BCUT2D eigenvalue weighted by Crippen LogP contribution is -2.31. The fourth-order valence-corrected chi connectivity index (χ4v) is 4.32. The van der Waals surface area contributed by atoms with Crippen molar-refractivity contribution in [2.75, 3.05) is 6.54 Å². The molecule has 0 spiro atoms. The number of likely N-dealkylation sites (tertiary alicyclic amines) is 1. The van der Waals surface area contributed by atoms with E-state index in [4.69, 9.17) is 9.72 Å². The maximum absolute atomic E-state index is 13.4. The van der Waals surface area contributed by atoms with E-state index in [2.05, 4.69) is 46.1 Å². The van der Waals surface area contributed by atoms with Crippen molar-refractivity contribution in [2.45, 2.75) is 32.2 Å². The number of hydrogen-bond donors (Lipinski definition) is 0. The molecule has 7 nitrogen and oxygen atoms in total. The third-order valence-corrected chi connectivity index (χ3v) is 5.86. The number of aryl methyl sites for hydroxylation is 1. The fraction of sp³-hybridized carbons (Fsp3) is 0.222. The molecular weight excluding hydrogens is 426 g/mol. The molecule has 1 aliphatic heterocycles. The van der Waals surface area contributed by atoms with Gasteiger partial charge in [0.25, 0.3) is 5.91 Å². The van der Waals surface area contributed by atoms with Crippen LogP contribution in [0.15, 0.2) is 79.4 Å². The summed E-state index contributed by atoms with van der Waals surface area (Å²) in [6, 6.07) is 17.4. The highest BCUT2D eigenvalue weighted by molar-refractivity contribution is 5.95. The number of rotatable bonds is 6. The van der Waals surface area contributed by atoms with Crippen molar-refractivity contribution < 1.29 is 9.53 Å². The van der Waals surface area contributed by atoms with Gasteiger partial charge in [-0.1, -0.05) is 35.9 Å². The van der Waals surface area contributed by atoms with Crippen LogP contribution in [0.1, 0.15) is 51.8 Å². The Morgan fingerprint density at radius 3 is 2.76 bits per heavy atom. The van der Waals surface area contributed by atoms with Gasteiger partial charge in [-0.15, -0.1) is 0 Å². The summed E-state index contributed by atoms with van der Waals surface area (Å²) in [7, 11) is 0. The maximum atomic E-state index is 13.4. The minimum Gasteiger partial charge on any atom is -0.424 e. The Labute approximate surface area is 198 Å². The molecule has 0 unspecified atom stereocenters. The van der Waals surface area contributed by atoms with E-state index in [0.717, 1.165) is 24.2 Å². The molecule has 0 aliphatic carbocycles. The van der Waals surface area contributed by atoms with Crippen LogP contribution in [0, 0.1) is 6.92 Å². The van der Waals surface area contributed by atoms with Crippen LogP contribution in [0.4, 0.5) is 0 Å². The zero-order chi connectivity index (χ0) is 23.3. The number of ether oxygens (including phenoxy) is 1. The second-order valence-electron chi connectivity index (χ2n) is 8.42. The zero-order valence-corrected chi connectivity index (χ0v) is 19.0. The Morgan fingerprint density at radius 1 is 1.06 bits per heavy atom. The van der Waals surface area contributed by atoms with E-state index < -0.39 is 0 Å². The summed E-state index contributed by atoms with van der Waals surface area (Å²) in [6.45, 7) is 2.76. The molecule has 34 heavy (non-hydrogen) atoms. The highest BCUT2D eigenvalue weighted by Crippen LogP contribution is 2.32. The maximum Gasteiger partial charge on any atom is 0.321 e. The van der Waals surface area contributed by atoms with E-state index in [0.29, 0.717) is 24.3 Å². The van der Waals surface area contributed by atoms with Crippen LogP contribution in [-0.4, -0.2) is 37.3 Å². The van der Waals surface area contributed by atoms with Crippen molar-refractivity contribution in [3.63, 3.8) is 0 Å². The number of carbonyl (C=O) groups is 1. The van der Waals surface area contributed by atoms with Crippen LogP contribution in [0.5, 0.6) is 11.8 Å². The molecule has 0 saturated carbocycles. The number of hydrogen-bond acceptors (Lipinski definition) is 6. The number of amides is 1. The van der Waals surface area contributed by atoms with Crippen LogP contribution in [0.25, 0.3) is 0 Å². The van der Waals surface area contributed by atoms with Crippen molar-refractivity contribution in [1.29, 1.82) is 0 Å². The topological polar surface area (TPSA) is 81.1 Å². The number of benzene rings is 2. The van der Waals surface area contributed by atoms with E-state index >= 15 is 0 Å². The molecule has 1 fully saturated rings. The van der Waals surface area contributed by atoms with E-state index in [-0.39, 0.29) is 18.0 Å². The van der Waals surface area contributed by atoms with Gasteiger partial charge in [-0.3, -0.25) is 14.8 Å². The first-order valence-electron chi connectivity index (χ1n) is 11.4. The van der Waals surface area contributed by atoms with Gasteiger partial charge in [0.15, 0.2) is 0 Å². The second kappa shape index (κ2) is 9.79. The molecule has 1 atom stereocenters. The molecular formula is C27H25N5O2. The van der Waals surface area contributed by atoms with Gasteiger partial charge in [-0.05, 0) is 49.6 Å². The molecule has 5 rings (SSSR count). The third kappa shape index (κ3) is 4.93. The molecule has 2 aromatic heterocycles. The highest BCUT2D eigenvalue weighted by Gasteiger charge is 2.32. The largest absolute Gasteiger partial charge is 0.424 e. The predicted octanol–water partition coefficient (Wildman–Crippen LogP) is 4.94. The number of nitrogens with zero attached hydrogens (tertiary/aromatic N) is 5. The van der Waals surface area contributed by atoms with Gasteiger partial charge in [-0.2, -0.15) is 0 Å². The lowest BCUT2D eigenvalue weighted by molar-refractivity contribution is 0.0732. The van der Waals surface area contributed by atoms with Crippen LogP contribution in [0.3, 0.4) is 0 Å².